The van der Waals surface area contributed by atoms with Crippen LogP contribution in [0, 0.1) is 0 Å². The van der Waals surface area contributed by atoms with Gasteiger partial charge in [-0.15, -0.1) is 0 Å². The molecule has 0 fully saturated rings. The van der Waals surface area contributed by atoms with Gasteiger partial charge in [-0.3, -0.25) is 0 Å². The maximum atomic E-state index is 12.6. The molecule has 0 spiro atoms. The van der Waals surface area contributed by atoms with E-state index in [0.717, 1.165) is 48.9 Å². The van der Waals surface area contributed by atoms with Crippen LogP contribution in [0.2, 0.25) is 0 Å². The molecule has 0 saturated carbocycles. The molecule has 0 aliphatic heterocycles. The van der Waals surface area contributed by atoms with Gasteiger partial charge in [0.15, 0.2) is 0 Å². The molecule has 4 aromatic rings. The smallest absolute Gasteiger partial charge is 0.323 e. The van der Waals surface area contributed by atoms with Gasteiger partial charge in [-0.05, 0) is 78.0 Å². The first kappa shape index (κ1) is 34.6. The highest BCUT2D eigenvalue weighted by atomic mass is 16.5. The molecule has 0 radical (unpaired) electrons. The normalized spacial score (nSPS) is 11.7. The molecule has 0 aromatic heterocycles. The fraction of sp³-hybridized carbons (Fsp3) is 0.324. The molecule has 4 rings (SSSR count). The Hall–Kier alpha value is -4.25. The second-order valence-corrected chi connectivity index (χ2v) is 11.1. The number of rotatable bonds is 19. The molecule has 9 nitrogen and oxygen atoms in total. The van der Waals surface area contributed by atoms with E-state index in [1.165, 1.54) is 6.07 Å². The van der Waals surface area contributed by atoms with Crippen LogP contribution in [-0.4, -0.2) is 54.3 Å². The molecule has 9 heteroatoms. The van der Waals surface area contributed by atoms with Crippen molar-refractivity contribution >= 4 is 17.4 Å². The summed E-state index contributed by atoms with van der Waals surface area (Å²) in [6.07, 6.45) is 3.42. The Morgan fingerprint density at radius 1 is 0.717 bits per heavy atom. The van der Waals surface area contributed by atoms with Crippen molar-refractivity contribution in [3.8, 4) is 16.9 Å². The second kappa shape index (κ2) is 19.3. The molecule has 0 saturated heterocycles. The van der Waals surface area contributed by atoms with Crippen LogP contribution in [-0.2, 0) is 22.7 Å². The van der Waals surface area contributed by atoms with Gasteiger partial charge in [0.2, 0.25) is 0 Å². The maximum Gasteiger partial charge on any atom is 0.323 e. The van der Waals surface area contributed by atoms with Gasteiger partial charge in [0.05, 0.1) is 32.5 Å². The van der Waals surface area contributed by atoms with E-state index in [4.69, 9.17) is 9.47 Å². The van der Waals surface area contributed by atoms with Crippen molar-refractivity contribution in [2.45, 2.75) is 45.0 Å². The highest BCUT2D eigenvalue weighted by Crippen LogP contribution is 2.23. The summed E-state index contributed by atoms with van der Waals surface area (Å²) in [5, 5.41) is 38.3. The fourth-order valence-electron chi connectivity index (χ4n) is 4.95. The zero-order valence-electron chi connectivity index (χ0n) is 26.2. The Morgan fingerprint density at radius 3 is 2.24 bits per heavy atom. The minimum absolute atomic E-state index is 0.0310. The summed E-state index contributed by atoms with van der Waals surface area (Å²) < 4.78 is 11.5. The van der Waals surface area contributed by atoms with E-state index in [-0.39, 0.29) is 18.4 Å². The van der Waals surface area contributed by atoms with Crippen LogP contribution in [0.5, 0.6) is 5.75 Å². The number of phenols is 1. The van der Waals surface area contributed by atoms with E-state index in [0.29, 0.717) is 55.5 Å². The lowest BCUT2D eigenvalue weighted by atomic mass is 10.1. The number of benzene rings is 4. The van der Waals surface area contributed by atoms with Crippen LogP contribution in [0.4, 0.5) is 16.2 Å². The molecule has 1 unspecified atom stereocenters. The van der Waals surface area contributed by atoms with E-state index < -0.39 is 6.10 Å². The Labute approximate surface area is 271 Å². The zero-order chi connectivity index (χ0) is 32.4. The third kappa shape index (κ3) is 11.9. The third-order valence-corrected chi connectivity index (χ3v) is 7.44. The lowest BCUT2D eigenvalue weighted by molar-refractivity contribution is 0.0393. The first-order chi connectivity index (χ1) is 22.5. The van der Waals surface area contributed by atoms with Crippen LogP contribution >= 0.6 is 0 Å². The fourth-order valence-corrected chi connectivity index (χ4v) is 4.95. The molecule has 0 heterocycles. The van der Waals surface area contributed by atoms with Crippen LogP contribution in [0.15, 0.2) is 97.1 Å². The Balaban J connectivity index is 1.01. The Morgan fingerprint density at radius 2 is 1.43 bits per heavy atom. The molecule has 0 aliphatic rings. The zero-order valence-corrected chi connectivity index (χ0v) is 26.2. The topological polar surface area (TPSA) is 132 Å². The van der Waals surface area contributed by atoms with Gasteiger partial charge in [0.25, 0.3) is 0 Å². The van der Waals surface area contributed by atoms with Gasteiger partial charge in [-0.25, -0.2) is 4.79 Å². The second-order valence-electron chi connectivity index (χ2n) is 11.1. The summed E-state index contributed by atoms with van der Waals surface area (Å²) in [6.45, 7) is 3.09. The Kier molecular flexibility index (Phi) is 14.5. The maximum absolute atomic E-state index is 12.6. The number of anilines is 2. The van der Waals surface area contributed by atoms with Crippen molar-refractivity contribution < 1.29 is 29.6 Å². The van der Waals surface area contributed by atoms with Gasteiger partial charge in [0, 0.05) is 30.1 Å². The first-order valence-electron chi connectivity index (χ1n) is 15.8. The van der Waals surface area contributed by atoms with Gasteiger partial charge in [-0.2, -0.15) is 0 Å². The average molecular weight is 628 g/mol. The number of amides is 2. The summed E-state index contributed by atoms with van der Waals surface area (Å²) in [5.74, 6) is 0.0310. The number of aliphatic hydroxyl groups excluding tert-OH is 2. The number of carbonyl (C=O) groups is 1. The van der Waals surface area contributed by atoms with Crippen molar-refractivity contribution in [3.05, 3.63) is 114 Å². The minimum Gasteiger partial charge on any atom is -0.508 e. The van der Waals surface area contributed by atoms with Crippen LogP contribution < -0.4 is 16.0 Å². The summed E-state index contributed by atoms with van der Waals surface area (Å²) in [7, 11) is 0. The molecule has 46 heavy (non-hydrogen) atoms. The monoisotopic (exact) mass is 627 g/mol. The quantitative estimate of drug-likeness (QED) is 0.0645. The number of nitrogens with one attached hydrogen (secondary N) is 3. The van der Waals surface area contributed by atoms with Crippen molar-refractivity contribution in [2.24, 2.45) is 0 Å². The molecule has 2 amide bonds. The van der Waals surface area contributed by atoms with E-state index in [2.05, 4.69) is 16.0 Å². The van der Waals surface area contributed by atoms with Gasteiger partial charge >= 0.3 is 6.03 Å². The highest BCUT2D eigenvalue weighted by molar-refractivity contribution is 6.00. The predicted molar refractivity (Wildman–Crippen MR) is 182 cm³/mol. The molecular formula is C37H45N3O6. The number of hydrogen-bond acceptors (Lipinski definition) is 7. The molecule has 0 bridgehead atoms. The van der Waals surface area contributed by atoms with Gasteiger partial charge in [-0.1, -0.05) is 73.5 Å². The first-order valence-corrected chi connectivity index (χ1v) is 15.8. The minimum atomic E-state index is -0.691. The number of unbranched alkanes of at least 4 members (excludes halogenated alkanes) is 3. The predicted octanol–water partition coefficient (Wildman–Crippen LogP) is 6.61. The van der Waals surface area contributed by atoms with Gasteiger partial charge < -0.3 is 40.7 Å². The van der Waals surface area contributed by atoms with Crippen molar-refractivity contribution in [1.29, 1.82) is 0 Å². The van der Waals surface area contributed by atoms with Crippen molar-refractivity contribution in [2.75, 3.05) is 43.5 Å². The molecular weight excluding hydrogens is 582 g/mol. The summed E-state index contributed by atoms with van der Waals surface area (Å²) in [4.78, 5) is 12.6. The summed E-state index contributed by atoms with van der Waals surface area (Å²) in [6, 6.07) is 29.9. The molecule has 244 valence electrons. The number of urea groups is 1. The van der Waals surface area contributed by atoms with Crippen LogP contribution in [0.25, 0.3) is 11.1 Å². The number of aromatic hydroxyl groups is 1. The van der Waals surface area contributed by atoms with Crippen molar-refractivity contribution in [1.82, 2.24) is 5.32 Å². The molecule has 6 N–H and O–H groups in total. The van der Waals surface area contributed by atoms with Gasteiger partial charge in [0.1, 0.15) is 5.75 Å². The standard InChI is InChI=1S/C37H45N3O6/c41-26-32-23-31(16-17-35(32)42)36(43)25-38-18-6-1-2-7-19-45-20-21-46-27-28-10-8-14-33(22-28)39-37(44)40-34-15-9-13-30(24-34)29-11-4-3-5-12-29/h3-5,8-17,22-24,36,38,41-43H,1-2,6-7,18-21,25-27H2,(H2,39,40,44). The van der Waals surface area contributed by atoms with Crippen LogP contribution in [0.1, 0.15) is 48.5 Å². The number of aliphatic hydroxyl groups is 2. The Bertz CT molecular complexity index is 1480. The van der Waals surface area contributed by atoms with Crippen LogP contribution in [0.3, 0.4) is 0 Å². The van der Waals surface area contributed by atoms with E-state index in [1.807, 2.05) is 78.9 Å². The van der Waals surface area contributed by atoms with E-state index in [9.17, 15) is 20.1 Å². The summed E-state index contributed by atoms with van der Waals surface area (Å²) in [5.41, 5.74) is 5.57. The average Bonchev–Trinajstić information content (AvgIpc) is 3.07. The molecule has 4 aromatic carbocycles. The highest BCUT2D eigenvalue weighted by Gasteiger charge is 2.10. The number of carbonyl (C=O) groups excluding carboxylic acids is 1. The SMILES string of the molecule is O=C(Nc1cccc(COCCOCCCCCCNCC(O)c2ccc(O)c(CO)c2)c1)Nc1cccc(-c2ccccc2)c1. The van der Waals surface area contributed by atoms with Crippen molar-refractivity contribution in [3.63, 3.8) is 0 Å². The lowest BCUT2D eigenvalue weighted by Gasteiger charge is -2.14. The number of ether oxygens (including phenoxy) is 2. The molecule has 0 aliphatic carbocycles. The lowest BCUT2D eigenvalue weighted by Crippen LogP contribution is -2.22. The van der Waals surface area contributed by atoms with E-state index >= 15 is 0 Å². The summed E-state index contributed by atoms with van der Waals surface area (Å²) >= 11 is 0. The molecule has 1 atom stereocenters. The third-order valence-electron chi connectivity index (χ3n) is 7.44. The van der Waals surface area contributed by atoms with E-state index in [1.54, 1.807) is 12.1 Å². The largest absolute Gasteiger partial charge is 0.508 e. The number of hydrogen-bond donors (Lipinski definition) is 6.